The topological polar surface area (TPSA) is 87.8 Å². The lowest BCUT2D eigenvalue weighted by Gasteiger charge is -2.11. The highest BCUT2D eigenvalue weighted by Gasteiger charge is 2.39. The number of amides is 1. The van der Waals surface area contributed by atoms with E-state index < -0.39 is 5.97 Å². The zero-order valence-corrected chi connectivity index (χ0v) is 16.0. The van der Waals surface area contributed by atoms with Gasteiger partial charge in [-0.1, -0.05) is 12.1 Å². The van der Waals surface area contributed by atoms with Crippen molar-refractivity contribution in [2.24, 2.45) is 11.0 Å². The van der Waals surface area contributed by atoms with Crippen LogP contribution in [0.1, 0.15) is 28.8 Å². The van der Waals surface area contributed by atoms with Crippen LogP contribution >= 0.6 is 0 Å². The van der Waals surface area contributed by atoms with Crippen LogP contribution < -0.4 is 5.01 Å². The van der Waals surface area contributed by atoms with Crippen molar-refractivity contribution in [1.29, 1.82) is 0 Å². The van der Waals surface area contributed by atoms with Gasteiger partial charge in [0.05, 0.1) is 28.2 Å². The van der Waals surface area contributed by atoms with Crippen LogP contribution in [-0.4, -0.2) is 32.5 Å². The maximum Gasteiger partial charge on any atom is 0.335 e. The molecule has 1 aliphatic heterocycles. The van der Waals surface area contributed by atoms with Gasteiger partial charge in [-0.2, -0.15) is 15.2 Å². The lowest BCUT2D eigenvalue weighted by molar-refractivity contribution is -0.114. The Balaban J connectivity index is 1.45. The fraction of sp³-hybridized carbons (Fsp3) is 0.130. The number of rotatable bonds is 5. The number of carbonyl (C=O) groups is 2. The predicted octanol–water partition coefficient (Wildman–Crippen LogP) is 3.77. The zero-order valence-electron chi connectivity index (χ0n) is 16.0. The molecule has 0 bridgehead atoms. The second-order valence-electron chi connectivity index (χ2n) is 7.33. The number of aromatic carboxylic acids is 1. The Hall–Kier alpha value is -4.00. The molecule has 3 aromatic rings. The van der Waals surface area contributed by atoms with Crippen LogP contribution in [-0.2, 0) is 4.79 Å². The second-order valence-corrected chi connectivity index (χ2v) is 7.33. The fourth-order valence-corrected chi connectivity index (χ4v) is 3.46. The molecule has 1 saturated carbocycles. The van der Waals surface area contributed by atoms with Gasteiger partial charge in [-0.15, -0.1) is 0 Å². The van der Waals surface area contributed by atoms with Gasteiger partial charge in [0.2, 0.25) is 0 Å². The molecule has 5 rings (SSSR count). The Bertz CT molecular complexity index is 1170. The van der Waals surface area contributed by atoms with Crippen molar-refractivity contribution < 1.29 is 14.7 Å². The zero-order chi connectivity index (χ0) is 20.7. The number of nitrogens with zero attached hydrogens (tertiary/aromatic N) is 4. The quantitative estimate of drug-likeness (QED) is 0.663. The molecular formula is C23H18N4O3. The van der Waals surface area contributed by atoms with Crippen LogP contribution in [0.3, 0.4) is 0 Å². The van der Waals surface area contributed by atoms with E-state index in [0.717, 1.165) is 29.8 Å². The van der Waals surface area contributed by atoms with E-state index in [-0.39, 0.29) is 11.5 Å². The van der Waals surface area contributed by atoms with Gasteiger partial charge in [-0.25, -0.2) is 9.48 Å². The number of anilines is 1. The number of aromatic nitrogens is 2. The smallest absolute Gasteiger partial charge is 0.335 e. The monoisotopic (exact) mass is 398 g/mol. The summed E-state index contributed by atoms with van der Waals surface area (Å²) in [4.78, 5) is 24.2. The minimum Gasteiger partial charge on any atom is -0.478 e. The Morgan fingerprint density at radius 1 is 1.03 bits per heavy atom. The SMILES string of the molecule is O=C(O)c1ccc(N2N=C(C3CC3)/C(=C/c3ccc(-n4cccn4)cc3)C2=O)cc1. The van der Waals surface area contributed by atoms with Gasteiger partial charge in [0.15, 0.2) is 0 Å². The number of hydrazone groups is 1. The molecule has 1 aromatic heterocycles. The standard InChI is InChI=1S/C23H18N4O3/c28-22-20(14-15-2-8-18(9-3-15)26-13-1-12-24-26)21(16-4-5-16)25-27(22)19-10-6-17(7-11-19)23(29)30/h1-3,6-14,16H,4-5H2,(H,29,30)/b20-14-. The van der Waals surface area contributed by atoms with E-state index in [1.165, 1.54) is 17.1 Å². The van der Waals surface area contributed by atoms with E-state index >= 15 is 0 Å². The van der Waals surface area contributed by atoms with Crippen molar-refractivity contribution in [2.75, 3.05) is 5.01 Å². The van der Waals surface area contributed by atoms with Gasteiger partial charge in [0.25, 0.3) is 5.91 Å². The first-order valence-electron chi connectivity index (χ1n) is 9.68. The summed E-state index contributed by atoms with van der Waals surface area (Å²) >= 11 is 0. The van der Waals surface area contributed by atoms with Crippen LogP contribution in [0.5, 0.6) is 0 Å². The molecule has 7 heteroatoms. The Morgan fingerprint density at radius 3 is 2.33 bits per heavy atom. The molecule has 2 heterocycles. The summed E-state index contributed by atoms with van der Waals surface area (Å²) in [5.74, 6) is -0.904. The van der Waals surface area contributed by atoms with E-state index in [0.29, 0.717) is 17.2 Å². The third-order valence-electron chi connectivity index (χ3n) is 5.20. The Kier molecular flexibility index (Phi) is 4.28. The predicted molar refractivity (Wildman–Crippen MR) is 113 cm³/mol. The third kappa shape index (κ3) is 3.30. The molecule has 2 aliphatic rings. The van der Waals surface area contributed by atoms with Crippen molar-refractivity contribution >= 4 is 29.4 Å². The average Bonchev–Trinajstić information content (AvgIpc) is 3.35. The van der Waals surface area contributed by atoms with Crippen LogP contribution in [0, 0.1) is 5.92 Å². The number of carboxylic acids is 1. The molecule has 148 valence electrons. The summed E-state index contributed by atoms with van der Waals surface area (Å²) in [6, 6.07) is 15.8. The minimum atomic E-state index is -1.00. The van der Waals surface area contributed by atoms with Gasteiger partial charge in [0.1, 0.15) is 0 Å². The third-order valence-corrected chi connectivity index (χ3v) is 5.20. The van der Waals surface area contributed by atoms with Gasteiger partial charge in [-0.3, -0.25) is 4.79 Å². The molecule has 0 atom stereocenters. The summed E-state index contributed by atoms with van der Waals surface area (Å²) < 4.78 is 1.78. The molecule has 1 amide bonds. The second kappa shape index (κ2) is 7.11. The molecule has 7 nitrogen and oxygen atoms in total. The van der Waals surface area contributed by atoms with E-state index in [1.54, 1.807) is 23.0 Å². The first-order valence-corrected chi connectivity index (χ1v) is 9.68. The highest BCUT2D eigenvalue weighted by atomic mass is 16.4. The first-order chi connectivity index (χ1) is 14.6. The van der Waals surface area contributed by atoms with Crippen molar-refractivity contribution in [1.82, 2.24) is 9.78 Å². The molecule has 1 aliphatic carbocycles. The number of carboxylic acid groups (broad SMARTS) is 1. The normalized spacial score (nSPS) is 17.5. The molecule has 0 spiro atoms. The Labute approximate surface area is 172 Å². The number of carbonyl (C=O) groups excluding carboxylic acids is 1. The summed E-state index contributed by atoms with van der Waals surface area (Å²) in [7, 11) is 0. The Morgan fingerprint density at radius 2 is 1.73 bits per heavy atom. The number of hydrogen-bond acceptors (Lipinski definition) is 4. The molecule has 30 heavy (non-hydrogen) atoms. The van der Waals surface area contributed by atoms with E-state index in [9.17, 15) is 9.59 Å². The highest BCUT2D eigenvalue weighted by molar-refractivity contribution is 6.33. The number of benzene rings is 2. The van der Waals surface area contributed by atoms with Gasteiger partial charge in [-0.05, 0) is 66.9 Å². The van der Waals surface area contributed by atoms with Crippen molar-refractivity contribution in [3.8, 4) is 5.69 Å². The van der Waals surface area contributed by atoms with E-state index in [4.69, 9.17) is 5.11 Å². The van der Waals surface area contributed by atoms with E-state index in [1.807, 2.05) is 42.6 Å². The van der Waals surface area contributed by atoms with Gasteiger partial charge >= 0.3 is 5.97 Å². The fourth-order valence-electron chi connectivity index (χ4n) is 3.46. The van der Waals surface area contributed by atoms with Crippen molar-refractivity contribution in [2.45, 2.75) is 12.8 Å². The van der Waals surface area contributed by atoms with Crippen molar-refractivity contribution in [3.63, 3.8) is 0 Å². The molecular weight excluding hydrogens is 380 g/mol. The summed E-state index contributed by atoms with van der Waals surface area (Å²) in [5.41, 5.74) is 3.97. The van der Waals surface area contributed by atoms with Crippen LogP contribution in [0.15, 0.2) is 77.7 Å². The maximum atomic E-state index is 13.1. The van der Waals surface area contributed by atoms with Crippen LogP contribution in [0.4, 0.5) is 5.69 Å². The van der Waals surface area contributed by atoms with Crippen LogP contribution in [0.2, 0.25) is 0 Å². The summed E-state index contributed by atoms with van der Waals surface area (Å²) in [5, 5.41) is 19.2. The molecule has 0 unspecified atom stereocenters. The van der Waals surface area contributed by atoms with Crippen LogP contribution in [0.25, 0.3) is 11.8 Å². The first kappa shape index (κ1) is 18.1. The lowest BCUT2D eigenvalue weighted by atomic mass is 10.0. The molecule has 1 fully saturated rings. The van der Waals surface area contributed by atoms with Gasteiger partial charge in [0, 0.05) is 18.3 Å². The maximum absolute atomic E-state index is 13.1. The molecule has 0 saturated heterocycles. The summed E-state index contributed by atoms with van der Waals surface area (Å²) in [6.07, 6.45) is 7.52. The molecule has 0 radical (unpaired) electrons. The largest absolute Gasteiger partial charge is 0.478 e. The summed E-state index contributed by atoms with van der Waals surface area (Å²) in [6.45, 7) is 0. The minimum absolute atomic E-state index is 0.171. The number of hydrogen-bond donors (Lipinski definition) is 1. The van der Waals surface area contributed by atoms with Gasteiger partial charge < -0.3 is 5.11 Å². The van der Waals surface area contributed by atoms with E-state index in [2.05, 4.69) is 10.2 Å². The molecule has 2 aromatic carbocycles. The van der Waals surface area contributed by atoms with Crippen molar-refractivity contribution in [3.05, 3.63) is 83.7 Å². The molecule has 1 N–H and O–H groups in total. The lowest BCUT2D eigenvalue weighted by Crippen LogP contribution is -2.21. The highest BCUT2D eigenvalue weighted by Crippen LogP contribution is 2.38. The average molecular weight is 398 g/mol.